The molecule has 0 spiro atoms. The monoisotopic (exact) mass is 275 g/mol. The maximum Gasteiger partial charge on any atom is 0.325 e. The van der Waals surface area contributed by atoms with Crippen LogP contribution in [0, 0.1) is 6.92 Å². The van der Waals surface area contributed by atoms with Gasteiger partial charge >= 0.3 is 5.97 Å². The largest absolute Gasteiger partial charge is 0.508 e. The lowest BCUT2D eigenvalue weighted by Gasteiger charge is -2.04. The highest BCUT2D eigenvalue weighted by Crippen LogP contribution is 2.18. The maximum absolute atomic E-state index is 11.9. The highest BCUT2D eigenvalue weighted by atomic mass is 16.4. The Hall–Kier alpha value is -2.83. The molecule has 7 heteroatoms. The third-order valence-corrected chi connectivity index (χ3v) is 2.66. The maximum atomic E-state index is 11.9. The van der Waals surface area contributed by atoms with E-state index in [1.807, 2.05) is 0 Å². The third kappa shape index (κ3) is 3.14. The van der Waals surface area contributed by atoms with E-state index in [-0.39, 0.29) is 12.3 Å². The van der Waals surface area contributed by atoms with Gasteiger partial charge in [-0.05, 0) is 24.6 Å². The molecule has 0 saturated carbocycles. The van der Waals surface area contributed by atoms with Crippen LogP contribution in [0.15, 0.2) is 30.6 Å². The van der Waals surface area contributed by atoms with E-state index >= 15 is 0 Å². The minimum absolute atomic E-state index is 0.0409. The minimum Gasteiger partial charge on any atom is -0.508 e. The van der Waals surface area contributed by atoms with Gasteiger partial charge in [0.25, 0.3) is 5.91 Å². The van der Waals surface area contributed by atoms with Crippen molar-refractivity contribution in [2.75, 3.05) is 5.32 Å². The number of benzene rings is 1. The number of hydrogen-bond acceptors (Lipinski definition) is 4. The normalized spacial score (nSPS) is 10.2. The number of rotatable bonds is 4. The van der Waals surface area contributed by atoms with Crippen molar-refractivity contribution in [2.45, 2.75) is 13.5 Å². The summed E-state index contributed by atoms with van der Waals surface area (Å²) >= 11 is 0. The summed E-state index contributed by atoms with van der Waals surface area (Å²) in [5.74, 6) is -1.39. The van der Waals surface area contributed by atoms with Crippen molar-refractivity contribution in [3.05, 3.63) is 41.7 Å². The first kappa shape index (κ1) is 13.6. The molecule has 1 heterocycles. The smallest absolute Gasteiger partial charge is 0.325 e. The Balaban J connectivity index is 2.09. The number of carbonyl (C=O) groups excluding carboxylic acids is 1. The summed E-state index contributed by atoms with van der Waals surface area (Å²) in [5.41, 5.74) is 1.37. The van der Waals surface area contributed by atoms with Gasteiger partial charge in [-0.15, -0.1) is 0 Å². The van der Waals surface area contributed by atoms with Crippen LogP contribution in [0.3, 0.4) is 0 Å². The van der Waals surface area contributed by atoms with E-state index < -0.39 is 11.9 Å². The molecule has 2 rings (SSSR count). The third-order valence-electron chi connectivity index (χ3n) is 2.66. The van der Waals surface area contributed by atoms with Crippen molar-refractivity contribution in [1.29, 1.82) is 0 Å². The zero-order chi connectivity index (χ0) is 14.7. The van der Waals surface area contributed by atoms with Crippen LogP contribution in [0.25, 0.3) is 0 Å². The van der Waals surface area contributed by atoms with Crippen molar-refractivity contribution < 1.29 is 19.8 Å². The van der Waals surface area contributed by atoms with Crippen molar-refractivity contribution >= 4 is 17.6 Å². The fraction of sp³-hybridized carbons (Fsp3) is 0.154. The van der Waals surface area contributed by atoms with Crippen LogP contribution in [0.1, 0.15) is 15.9 Å². The molecule has 0 fully saturated rings. The minimum atomic E-state index is -1.02. The molecular weight excluding hydrogens is 262 g/mol. The Labute approximate surface area is 114 Å². The van der Waals surface area contributed by atoms with E-state index in [2.05, 4.69) is 10.4 Å². The van der Waals surface area contributed by atoms with Crippen molar-refractivity contribution in [3.63, 3.8) is 0 Å². The summed E-state index contributed by atoms with van der Waals surface area (Å²) in [6.07, 6.45) is 2.77. The number of aliphatic carboxylic acids is 1. The Morgan fingerprint density at radius 2 is 2.15 bits per heavy atom. The molecule has 1 amide bonds. The van der Waals surface area contributed by atoms with Crippen LogP contribution in [0.4, 0.5) is 5.69 Å². The molecule has 20 heavy (non-hydrogen) atoms. The van der Waals surface area contributed by atoms with E-state index in [9.17, 15) is 14.7 Å². The van der Waals surface area contributed by atoms with Gasteiger partial charge in [-0.3, -0.25) is 14.3 Å². The molecule has 0 aliphatic rings. The molecular formula is C13H13N3O4. The number of anilines is 1. The van der Waals surface area contributed by atoms with Gasteiger partial charge in [0, 0.05) is 11.8 Å². The second-order valence-electron chi connectivity index (χ2n) is 4.28. The van der Waals surface area contributed by atoms with Gasteiger partial charge in [0.2, 0.25) is 0 Å². The lowest BCUT2D eigenvalue weighted by molar-refractivity contribution is -0.137. The molecule has 0 radical (unpaired) electrons. The van der Waals surface area contributed by atoms with Gasteiger partial charge in [-0.1, -0.05) is 6.07 Å². The Bertz CT molecular complexity index is 663. The molecule has 0 atom stereocenters. The van der Waals surface area contributed by atoms with Gasteiger partial charge in [-0.2, -0.15) is 5.10 Å². The molecule has 0 aliphatic heterocycles. The summed E-state index contributed by atoms with van der Waals surface area (Å²) < 4.78 is 1.20. The highest BCUT2D eigenvalue weighted by molar-refractivity contribution is 6.04. The van der Waals surface area contributed by atoms with E-state index in [4.69, 9.17) is 5.11 Å². The number of aromatic hydroxyl groups is 1. The molecule has 0 aliphatic carbocycles. The summed E-state index contributed by atoms with van der Waals surface area (Å²) in [4.78, 5) is 22.4. The number of carbonyl (C=O) groups is 2. The molecule has 104 valence electrons. The molecule has 0 bridgehead atoms. The van der Waals surface area contributed by atoms with Gasteiger partial charge < -0.3 is 15.5 Å². The number of aromatic nitrogens is 2. The van der Waals surface area contributed by atoms with Gasteiger partial charge in [0.05, 0.1) is 11.9 Å². The van der Waals surface area contributed by atoms with Crippen LogP contribution < -0.4 is 5.32 Å². The SMILES string of the molecule is Cc1ccc(C(=O)Nc2cnn(CC(=O)O)c2)cc1O. The summed E-state index contributed by atoms with van der Waals surface area (Å²) in [6.45, 7) is 1.45. The van der Waals surface area contributed by atoms with E-state index in [1.54, 1.807) is 19.1 Å². The van der Waals surface area contributed by atoms with Crippen LogP contribution in [0.2, 0.25) is 0 Å². The molecule has 1 aromatic carbocycles. The number of hydrogen-bond donors (Lipinski definition) is 3. The first-order valence-corrected chi connectivity index (χ1v) is 5.81. The summed E-state index contributed by atoms with van der Waals surface area (Å²) in [5, 5.41) is 24.6. The Kier molecular flexibility index (Phi) is 3.69. The summed E-state index contributed by atoms with van der Waals surface area (Å²) in [6, 6.07) is 4.59. The zero-order valence-electron chi connectivity index (χ0n) is 10.7. The van der Waals surface area contributed by atoms with Crippen molar-refractivity contribution in [3.8, 4) is 5.75 Å². The van der Waals surface area contributed by atoms with E-state index in [0.29, 0.717) is 16.8 Å². The Morgan fingerprint density at radius 1 is 1.40 bits per heavy atom. The molecule has 7 nitrogen and oxygen atoms in total. The Morgan fingerprint density at radius 3 is 2.80 bits per heavy atom. The van der Waals surface area contributed by atoms with Crippen molar-refractivity contribution in [2.24, 2.45) is 0 Å². The van der Waals surface area contributed by atoms with Gasteiger partial charge in [0.1, 0.15) is 12.3 Å². The van der Waals surface area contributed by atoms with E-state index in [0.717, 1.165) is 0 Å². The average molecular weight is 275 g/mol. The van der Waals surface area contributed by atoms with Gasteiger partial charge in [0.15, 0.2) is 0 Å². The number of aryl methyl sites for hydroxylation is 1. The number of phenols is 1. The number of nitrogens with one attached hydrogen (secondary N) is 1. The number of carboxylic acids is 1. The second kappa shape index (κ2) is 5.43. The first-order valence-electron chi connectivity index (χ1n) is 5.81. The molecule has 0 unspecified atom stereocenters. The van der Waals surface area contributed by atoms with Crippen molar-refractivity contribution in [1.82, 2.24) is 9.78 Å². The quantitative estimate of drug-likeness (QED) is 0.778. The lowest BCUT2D eigenvalue weighted by Crippen LogP contribution is -2.12. The van der Waals surface area contributed by atoms with Gasteiger partial charge in [-0.25, -0.2) is 0 Å². The second-order valence-corrected chi connectivity index (χ2v) is 4.28. The fourth-order valence-electron chi connectivity index (χ4n) is 1.61. The topological polar surface area (TPSA) is 104 Å². The van der Waals surface area contributed by atoms with E-state index in [1.165, 1.54) is 23.1 Å². The number of amides is 1. The summed E-state index contributed by atoms with van der Waals surface area (Å²) in [7, 11) is 0. The van der Waals surface area contributed by atoms with Crippen LogP contribution >= 0.6 is 0 Å². The predicted octanol–water partition coefficient (Wildman–Crippen LogP) is 1.23. The van der Waals surface area contributed by atoms with Crippen LogP contribution in [-0.4, -0.2) is 31.9 Å². The molecule has 3 N–H and O–H groups in total. The lowest BCUT2D eigenvalue weighted by atomic mass is 10.1. The molecule has 1 aromatic heterocycles. The van der Waals surface area contributed by atoms with Crippen LogP contribution in [-0.2, 0) is 11.3 Å². The molecule has 2 aromatic rings. The average Bonchev–Trinajstić information content (AvgIpc) is 2.79. The number of nitrogens with zero attached hydrogens (tertiary/aromatic N) is 2. The van der Waals surface area contributed by atoms with Crippen LogP contribution in [0.5, 0.6) is 5.75 Å². The molecule has 0 saturated heterocycles. The fourth-order valence-corrected chi connectivity index (χ4v) is 1.61. The highest BCUT2D eigenvalue weighted by Gasteiger charge is 2.10. The number of carboxylic acid groups (broad SMARTS) is 1. The standard InChI is InChI=1S/C13H13N3O4/c1-8-2-3-9(4-11(8)17)13(20)15-10-5-14-16(6-10)7-12(18)19/h2-6,17H,7H2,1H3,(H,15,20)(H,18,19). The zero-order valence-corrected chi connectivity index (χ0v) is 10.7. The first-order chi connectivity index (χ1) is 9.45. The number of phenolic OH excluding ortho intramolecular Hbond substituents is 1. The predicted molar refractivity (Wildman–Crippen MR) is 70.7 cm³/mol.